The molecule has 4 aliphatic carbocycles. The summed E-state index contributed by atoms with van der Waals surface area (Å²) in [5, 5.41) is 0. The summed E-state index contributed by atoms with van der Waals surface area (Å²) < 4.78 is 0. The molecule has 4 fully saturated rings. The van der Waals surface area contributed by atoms with Crippen molar-refractivity contribution in [3.63, 3.8) is 0 Å². The van der Waals surface area contributed by atoms with Gasteiger partial charge in [-0.2, -0.15) is 0 Å². The van der Waals surface area contributed by atoms with Crippen LogP contribution in [0, 0.1) is 35.5 Å². The molecule has 0 aromatic heterocycles. The molecule has 0 aromatic rings. The number of terminal acetylenes is 1. The van der Waals surface area contributed by atoms with Crippen LogP contribution >= 0.6 is 0 Å². The first-order valence-electron chi connectivity index (χ1n) is 4.80. The molecule has 0 heteroatoms. The predicted molar refractivity (Wildman–Crippen MR) is 44.8 cm³/mol. The van der Waals surface area contributed by atoms with Gasteiger partial charge in [-0.3, -0.25) is 0 Å². The summed E-state index contributed by atoms with van der Waals surface area (Å²) >= 11 is 0. The molecule has 0 radical (unpaired) electrons. The third-order valence-electron chi connectivity index (χ3n) is 4.28. The van der Waals surface area contributed by atoms with E-state index in [1.807, 2.05) is 0 Å². The maximum absolute atomic E-state index is 5.64. The smallest absolute Gasteiger partial charge is 0.0345 e. The van der Waals surface area contributed by atoms with Gasteiger partial charge in [-0.25, -0.2) is 0 Å². The zero-order valence-corrected chi connectivity index (χ0v) is 6.84. The molecule has 0 N–H and O–H groups in total. The summed E-state index contributed by atoms with van der Waals surface area (Å²) in [7, 11) is 0. The van der Waals surface area contributed by atoms with Crippen LogP contribution in [0.25, 0.3) is 0 Å². The first-order chi connectivity index (χ1) is 5.32. The predicted octanol–water partition coefficient (Wildman–Crippen LogP) is 2.45. The molecule has 0 aromatic carbocycles. The Labute approximate surface area is 68.4 Å². The van der Waals surface area contributed by atoms with Gasteiger partial charge in [0.05, 0.1) is 0 Å². The Morgan fingerprint density at radius 3 is 2.18 bits per heavy atom. The highest BCUT2D eigenvalue weighted by Crippen LogP contribution is 2.64. The lowest BCUT2D eigenvalue weighted by Crippen LogP contribution is -2.20. The molecule has 4 aliphatic rings. The molecule has 4 saturated carbocycles. The molecule has 2 atom stereocenters. The Balaban J connectivity index is 2.06. The summed E-state index contributed by atoms with van der Waals surface area (Å²) in [6.45, 7) is 0. The van der Waals surface area contributed by atoms with Crippen LogP contribution in [0.2, 0.25) is 0 Å². The van der Waals surface area contributed by atoms with Gasteiger partial charge in [0.15, 0.2) is 0 Å². The van der Waals surface area contributed by atoms with Crippen molar-refractivity contribution >= 4 is 0 Å². The fraction of sp³-hybridized carbons (Fsp3) is 0.818. The molecule has 4 rings (SSSR count). The second kappa shape index (κ2) is 1.66. The van der Waals surface area contributed by atoms with E-state index in [2.05, 4.69) is 5.92 Å². The van der Waals surface area contributed by atoms with Crippen molar-refractivity contribution in [1.82, 2.24) is 0 Å². The van der Waals surface area contributed by atoms with Crippen molar-refractivity contribution in [3.8, 4) is 12.3 Å². The molecule has 0 heterocycles. The highest BCUT2D eigenvalue weighted by Gasteiger charge is 2.56. The van der Waals surface area contributed by atoms with Crippen molar-refractivity contribution in [2.24, 2.45) is 23.2 Å². The van der Waals surface area contributed by atoms with Gasteiger partial charge in [0.25, 0.3) is 0 Å². The van der Waals surface area contributed by atoms with E-state index >= 15 is 0 Å². The molecule has 2 unspecified atom stereocenters. The highest BCUT2D eigenvalue weighted by atomic mass is 14.6. The molecule has 0 aliphatic heterocycles. The Hall–Kier alpha value is -0.440. The first-order valence-corrected chi connectivity index (χ1v) is 4.80. The topological polar surface area (TPSA) is 0 Å². The third kappa shape index (κ3) is 0.585. The van der Waals surface area contributed by atoms with Gasteiger partial charge < -0.3 is 0 Å². The molecule has 4 bridgehead atoms. The minimum Gasteiger partial charge on any atom is -0.120 e. The van der Waals surface area contributed by atoms with Gasteiger partial charge in [0.1, 0.15) is 0 Å². The van der Waals surface area contributed by atoms with E-state index in [4.69, 9.17) is 6.42 Å². The summed E-state index contributed by atoms with van der Waals surface area (Å²) in [5.41, 5.74) is 0.396. The quantitative estimate of drug-likeness (QED) is 0.460. The minimum absolute atomic E-state index is 0.396. The average Bonchev–Trinajstić information content (AvgIpc) is 2.37. The van der Waals surface area contributed by atoms with Crippen molar-refractivity contribution < 1.29 is 0 Å². The zero-order chi connectivity index (χ0) is 7.47. The maximum atomic E-state index is 5.64. The van der Waals surface area contributed by atoms with Gasteiger partial charge in [-0.15, -0.1) is 6.42 Å². The van der Waals surface area contributed by atoms with Crippen LogP contribution in [-0.2, 0) is 0 Å². The molecule has 58 valence electrons. The SMILES string of the molecule is C#CC12CC3CC(CC1C3)C2. The third-order valence-corrected chi connectivity index (χ3v) is 4.28. The van der Waals surface area contributed by atoms with E-state index in [1.54, 1.807) is 0 Å². The Morgan fingerprint density at radius 1 is 1.09 bits per heavy atom. The van der Waals surface area contributed by atoms with Crippen LogP contribution in [0.4, 0.5) is 0 Å². The standard InChI is InChI=1S/C11H14/c1-2-11-6-8-3-9(7-11)5-10(11)4-8/h1,8-10H,3-7H2. The summed E-state index contributed by atoms with van der Waals surface area (Å²) in [6.07, 6.45) is 12.8. The molecule has 0 amide bonds. The van der Waals surface area contributed by atoms with Crippen molar-refractivity contribution in [2.75, 3.05) is 0 Å². The van der Waals surface area contributed by atoms with Crippen molar-refractivity contribution in [2.45, 2.75) is 32.1 Å². The lowest BCUT2D eigenvalue weighted by molar-refractivity contribution is 0.258. The van der Waals surface area contributed by atoms with E-state index in [0.29, 0.717) is 5.41 Å². The Kier molecular flexibility index (Phi) is 0.922. The molecule has 0 saturated heterocycles. The van der Waals surface area contributed by atoms with Gasteiger partial charge in [0, 0.05) is 5.41 Å². The summed E-state index contributed by atoms with van der Waals surface area (Å²) in [5.74, 6) is 6.06. The molecular weight excluding hydrogens is 132 g/mol. The monoisotopic (exact) mass is 146 g/mol. The van der Waals surface area contributed by atoms with Gasteiger partial charge in [0.2, 0.25) is 0 Å². The van der Waals surface area contributed by atoms with Gasteiger partial charge >= 0.3 is 0 Å². The summed E-state index contributed by atoms with van der Waals surface area (Å²) in [6, 6.07) is 0. The normalized spacial score (nSPS) is 58.3. The lowest BCUT2D eigenvalue weighted by Gasteiger charge is -2.27. The Morgan fingerprint density at radius 2 is 1.73 bits per heavy atom. The highest BCUT2D eigenvalue weighted by molar-refractivity contribution is 5.19. The van der Waals surface area contributed by atoms with Gasteiger partial charge in [-0.05, 0) is 49.9 Å². The maximum Gasteiger partial charge on any atom is 0.0345 e. The molecule has 0 nitrogen and oxygen atoms in total. The van der Waals surface area contributed by atoms with Crippen LogP contribution < -0.4 is 0 Å². The van der Waals surface area contributed by atoms with Crippen molar-refractivity contribution in [1.29, 1.82) is 0 Å². The zero-order valence-electron chi connectivity index (χ0n) is 6.84. The molecule has 0 spiro atoms. The van der Waals surface area contributed by atoms with E-state index in [9.17, 15) is 0 Å². The minimum atomic E-state index is 0.396. The lowest BCUT2D eigenvalue weighted by atomic mass is 9.76. The fourth-order valence-electron chi connectivity index (χ4n) is 4.03. The van der Waals surface area contributed by atoms with E-state index < -0.39 is 0 Å². The summed E-state index contributed by atoms with van der Waals surface area (Å²) in [4.78, 5) is 0. The van der Waals surface area contributed by atoms with Gasteiger partial charge in [-0.1, -0.05) is 5.92 Å². The van der Waals surface area contributed by atoms with Crippen LogP contribution in [-0.4, -0.2) is 0 Å². The van der Waals surface area contributed by atoms with Crippen LogP contribution in [0.1, 0.15) is 32.1 Å². The number of rotatable bonds is 0. The number of hydrogen-bond donors (Lipinski definition) is 0. The first kappa shape index (κ1) is 6.12. The van der Waals surface area contributed by atoms with E-state index in [0.717, 1.165) is 17.8 Å². The second-order valence-corrected chi connectivity index (χ2v) is 4.84. The molecular formula is C11H14. The second-order valence-electron chi connectivity index (χ2n) is 4.84. The van der Waals surface area contributed by atoms with Crippen LogP contribution in [0.5, 0.6) is 0 Å². The number of hydrogen-bond acceptors (Lipinski definition) is 0. The van der Waals surface area contributed by atoms with E-state index in [1.165, 1.54) is 32.1 Å². The average molecular weight is 146 g/mol. The van der Waals surface area contributed by atoms with Crippen LogP contribution in [0.15, 0.2) is 0 Å². The van der Waals surface area contributed by atoms with Crippen molar-refractivity contribution in [3.05, 3.63) is 0 Å². The largest absolute Gasteiger partial charge is 0.120 e. The molecule has 11 heavy (non-hydrogen) atoms. The Bertz CT molecular complexity index is 219. The van der Waals surface area contributed by atoms with Crippen LogP contribution in [0.3, 0.4) is 0 Å². The van der Waals surface area contributed by atoms with E-state index in [-0.39, 0.29) is 0 Å². The fourth-order valence-corrected chi connectivity index (χ4v) is 4.03.